The lowest BCUT2D eigenvalue weighted by Gasteiger charge is -2.26. The lowest BCUT2D eigenvalue weighted by atomic mass is 10.1. The molecule has 2 atom stereocenters. The van der Waals surface area contributed by atoms with Crippen LogP contribution in [-0.4, -0.2) is 47.5 Å². The van der Waals surface area contributed by atoms with Crippen molar-refractivity contribution in [3.05, 3.63) is 34.3 Å². The number of nitrogens with two attached hydrogens (primary N) is 1. The largest absolute Gasteiger partial charge is 0.420 e. The molecule has 0 aromatic heterocycles. The summed E-state index contributed by atoms with van der Waals surface area (Å²) in [5.74, 6) is -0.637. The second-order valence-electron chi connectivity index (χ2n) is 6.00. The van der Waals surface area contributed by atoms with E-state index in [-0.39, 0.29) is 35.7 Å². The van der Waals surface area contributed by atoms with Crippen LogP contribution in [0.1, 0.15) is 18.1 Å². The molecular formula is C15H18ClF3N3O2+. The Labute approximate surface area is 142 Å². The summed E-state index contributed by atoms with van der Waals surface area (Å²) >= 11 is 5.90. The molecule has 9 heteroatoms. The fourth-order valence-electron chi connectivity index (χ4n) is 3.03. The van der Waals surface area contributed by atoms with Crippen molar-refractivity contribution in [2.45, 2.75) is 25.7 Å². The Morgan fingerprint density at radius 2 is 2.08 bits per heavy atom. The number of alkyl halides is 3. The average molecular weight is 365 g/mol. The van der Waals surface area contributed by atoms with Gasteiger partial charge in [0, 0.05) is 12.1 Å². The minimum Gasteiger partial charge on any atom is -0.368 e. The summed E-state index contributed by atoms with van der Waals surface area (Å²) in [6.45, 7) is 2.04. The first-order valence-corrected chi connectivity index (χ1v) is 7.68. The number of nitrogens with zero attached hydrogens (tertiary/aromatic N) is 2. The maximum Gasteiger partial charge on any atom is 0.420 e. The molecule has 2 unspecified atom stereocenters. The van der Waals surface area contributed by atoms with Crippen molar-refractivity contribution in [2.75, 3.05) is 20.1 Å². The molecule has 1 aliphatic heterocycles. The fraction of sp³-hybridized carbons (Fsp3) is 0.467. The third kappa shape index (κ3) is 3.21. The van der Waals surface area contributed by atoms with Gasteiger partial charge in [0.25, 0.3) is 0 Å². The maximum absolute atomic E-state index is 13.0. The lowest BCUT2D eigenvalue weighted by molar-refractivity contribution is -0.835. The highest BCUT2D eigenvalue weighted by Crippen LogP contribution is 2.37. The SMILES string of the molecule is CCN1C(=O)[N+](C)(Cc2cccc(C(F)(F)F)c2Cl)CC1C(N)=O. The van der Waals surface area contributed by atoms with Crippen molar-refractivity contribution < 1.29 is 27.2 Å². The van der Waals surface area contributed by atoms with Crippen molar-refractivity contribution >= 4 is 23.5 Å². The van der Waals surface area contributed by atoms with Crippen LogP contribution in [0, 0.1) is 0 Å². The minimum absolute atomic E-state index is 0.0537. The Hall–Kier alpha value is -1.80. The number of quaternary nitrogens is 1. The number of likely N-dealkylation sites (N-methyl/N-ethyl adjacent to an activating group) is 2. The van der Waals surface area contributed by atoms with Gasteiger partial charge in [0.2, 0.25) is 5.91 Å². The number of primary amides is 1. The summed E-state index contributed by atoms with van der Waals surface area (Å²) in [6, 6.07) is 2.44. The van der Waals surface area contributed by atoms with E-state index in [2.05, 4.69) is 0 Å². The van der Waals surface area contributed by atoms with E-state index in [1.54, 1.807) is 14.0 Å². The van der Waals surface area contributed by atoms with Crippen LogP contribution in [0.4, 0.5) is 18.0 Å². The Balaban J connectivity index is 2.38. The molecule has 3 amide bonds. The summed E-state index contributed by atoms with van der Waals surface area (Å²) in [6.07, 6.45) is -4.58. The number of benzene rings is 1. The van der Waals surface area contributed by atoms with E-state index < -0.39 is 28.7 Å². The fourth-order valence-corrected chi connectivity index (χ4v) is 3.32. The molecule has 0 bridgehead atoms. The summed E-state index contributed by atoms with van der Waals surface area (Å²) < 4.78 is 38.7. The van der Waals surface area contributed by atoms with Crippen LogP contribution in [0.3, 0.4) is 0 Å². The highest BCUT2D eigenvalue weighted by Gasteiger charge is 2.51. The first kappa shape index (κ1) is 18.5. The second kappa shape index (κ2) is 6.25. The third-order valence-electron chi connectivity index (χ3n) is 4.23. The van der Waals surface area contributed by atoms with E-state index in [0.717, 1.165) is 6.07 Å². The van der Waals surface area contributed by atoms with E-state index in [9.17, 15) is 22.8 Å². The smallest absolute Gasteiger partial charge is 0.368 e. The van der Waals surface area contributed by atoms with Gasteiger partial charge in [-0.25, -0.2) is 9.28 Å². The third-order valence-corrected chi connectivity index (χ3v) is 4.68. The zero-order valence-electron chi connectivity index (χ0n) is 13.2. The van der Waals surface area contributed by atoms with Crippen LogP contribution >= 0.6 is 11.6 Å². The van der Waals surface area contributed by atoms with E-state index in [0.29, 0.717) is 0 Å². The van der Waals surface area contributed by atoms with Crippen molar-refractivity contribution in [1.29, 1.82) is 0 Å². The molecule has 0 aliphatic carbocycles. The van der Waals surface area contributed by atoms with Gasteiger partial charge in [-0.2, -0.15) is 13.2 Å². The van der Waals surface area contributed by atoms with Gasteiger partial charge in [-0.05, 0) is 13.0 Å². The lowest BCUT2D eigenvalue weighted by Crippen LogP contribution is -2.46. The molecule has 1 aromatic rings. The van der Waals surface area contributed by atoms with Crippen LogP contribution in [0.2, 0.25) is 5.02 Å². The molecule has 1 saturated heterocycles. The summed E-state index contributed by atoms with van der Waals surface area (Å²) in [5.41, 5.74) is 4.59. The molecule has 5 nitrogen and oxygen atoms in total. The van der Waals surface area contributed by atoms with E-state index in [4.69, 9.17) is 17.3 Å². The van der Waals surface area contributed by atoms with Gasteiger partial charge in [0.1, 0.15) is 13.1 Å². The number of carbonyl (C=O) groups excluding carboxylic acids is 2. The number of hydrogen-bond acceptors (Lipinski definition) is 2. The highest BCUT2D eigenvalue weighted by molar-refractivity contribution is 6.32. The molecule has 1 heterocycles. The zero-order valence-corrected chi connectivity index (χ0v) is 14.0. The molecule has 2 rings (SSSR count). The minimum atomic E-state index is -4.58. The predicted molar refractivity (Wildman–Crippen MR) is 82.0 cm³/mol. The molecule has 2 N–H and O–H groups in total. The molecular weight excluding hydrogens is 347 g/mol. The Bertz CT molecular complexity index is 680. The maximum atomic E-state index is 13.0. The molecule has 24 heavy (non-hydrogen) atoms. The predicted octanol–water partition coefficient (Wildman–Crippen LogP) is 2.61. The number of urea groups is 1. The standard InChI is InChI=1S/C15H17ClF3N3O2/c1-3-21-11(13(20)23)8-22(2,14(21)24)7-9-5-4-6-10(12(9)16)15(17,18)19/h4-6,11H,3,7-8H2,1-2H3,(H-,20,23)/p+1. The number of halogens is 4. The van der Waals surface area contributed by atoms with Crippen LogP contribution in [0.25, 0.3) is 0 Å². The molecule has 1 aromatic carbocycles. The summed E-state index contributed by atoms with van der Waals surface area (Å²) in [5, 5.41) is -0.428. The van der Waals surface area contributed by atoms with Crippen LogP contribution in [0.5, 0.6) is 0 Å². The molecule has 132 valence electrons. The number of hydrogen-bond donors (Lipinski definition) is 1. The van der Waals surface area contributed by atoms with E-state index in [1.807, 2.05) is 0 Å². The van der Waals surface area contributed by atoms with Gasteiger partial charge in [-0.1, -0.05) is 23.7 Å². The van der Waals surface area contributed by atoms with Crippen molar-refractivity contribution in [3.8, 4) is 0 Å². The number of rotatable bonds is 4. The van der Waals surface area contributed by atoms with Gasteiger partial charge in [0.15, 0.2) is 6.04 Å². The number of amides is 3. The molecule has 0 radical (unpaired) electrons. The van der Waals surface area contributed by atoms with E-state index >= 15 is 0 Å². The molecule has 0 saturated carbocycles. The van der Waals surface area contributed by atoms with Gasteiger partial charge in [0.05, 0.1) is 17.6 Å². The summed E-state index contributed by atoms with van der Waals surface area (Å²) in [4.78, 5) is 25.5. The average Bonchev–Trinajstić information content (AvgIpc) is 2.72. The normalized spacial score (nSPS) is 24.5. The van der Waals surface area contributed by atoms with Crippen molar-refractivity contribution in [1.82, 2.24) is 4.90 Å². The quantitative estimate of drug-likeness (QED) is 0.835. The number of carbonyl (C=O) groups is 2. The monoisotopic (exact) mass is 364 g/mol. The second-order valence-corrected chi connectivity index (χ2v) is 6.38. The first-order chi connectivity index (χ1) is 11.0. The Morgan fingerprint density at radius 1 is 1.46 bits per heavy atom. The van der Waals surface area contributed by atoms with Crippen LogP contribution < -0.4 is 5.73 Å². The van der Waals surface area contributed by atoms with Crippen molar-refractivity contribution in [3.63, 3.8) is 0 Å². The Kier molecular flexibility index (Phi) is 4.83. The Morgan fingerprint density at radius 3 is 2.54 bits per heavy atom. The summed E-state index contributed by atoms with van der Waals surface area (Å²) in [7, 11) is 1.56. The van der Waals surface area contributed by atoms with Gasteiger partial charge in [-0.3, -0.25) is 9.69 Å². The molecule has 1 fully saturated rings. The topological polar surface area (TPSA) is 63.4 Å². The van der Waals surface area contributed by atoms with Gasteiger partial charge < -0.3 is 5.73 Å². The van der Waals surface area contributed by atoms with Crippen molar-refractivity contribution in [2.24, 2.45) is 5.73 Å². The zero-order chi connectivity index (χ0) is 18.3. The molecule has 1 aliphatic rings. The van der Waals surface area contributed by atoms with Gasteiger partial charge >= 0.3 is 12.2 Å². The van der Waals surface area contributed by atoms with Crippen LogP contribution in [0.15, 0.2) is 18.2 Å². The van der Waals surface area contributed by atoms with Gasteiger partial charge in [-0.15, -0.1) is 0 Å². The molecule has 0 spiro atoms. The van der Waals surface area contributed by atoms with Crippen LogP contribution in [-0.2, 0) is 17.5 Å². The highest BCUT2D eigenvalue weighted by atomic mass is 35.5. The first-order valence-electron chi connectivity index (χ1n) is 7.31. The van der Waals surface area contributed by atoms with E-state index in [1.165, 1.54) is 17.0 Å².